The monoisotopic (exact) mass is 1120 g/mol. The fraction of sp³-hybridized carbons (Fsp3) is 0.912. The first-order valence-corrected chi connectivity index (χ1v) is 35.7. The number of ether oxygens (including phenoxy) is 1. The van der Waals surface area contributed by atoms with Crippen LogP contribution in [-0.2, 0) is 27.9 Å². The zero-order chi connectivity index (χ0) is 57.2. The lowest BCUT2D eigenvalue weighted by molar-refractivity contribution is -0.870. The van der Waals surface area contributed by atoms with Crippen LogP contribution in [0.4, 0.5) is 0 Å². The van der Waals surface area contributed by atoms with Crippen LogP contribution in [0.3, 0.4) is 0 Å². The first-order chi connectivity index (χ1) is 37.9. The molecule has 0 spiro atoms. The van der Waals surface area contributed by atoms with Gasteiger partial charge >= 0.3 is 13.8 Å². The maximum atomic E-state index is 13.6. The van der Waals surface area contributed by atoms with Gasteiger partial charge in [-0.25, -0.2) is 4.57 Å². The molecule has 462 valence electrons. The van der Waals surface area contributed by atoms with E-state index >= 15 is 0 Å². The van der Waals surface area contributed by atoms with Gasteiger partial charge < -0.3 is 19.4 Å². The minimum Gasteiger partial charge on any atom is -0.456 e. The maximum absolute atomic E-state index is 13.6. The first-order valence-electron chi connectivity index (χ1n) is 34.2. The summed E-state index contributed by atoms with van der Waals surface area (Å²) < 4.78 is 30.7. The Kier molecular flexibility index (Phi) is 57.5. The van der Waals surface area contributed by atoms with Crippen molar-refractivity contribution in [1.82, 2.24) is 5.32 Å². The summed E-state index contributed by atoms with van der Waals surface area (Å²) in [5, 5.41) is 3.06. The second-order valence-electron chi connectivity index (χ2n) is 24.7. The molecule has 0 fully saturated rings. The number of carbonyl (C=O) groups excluding carboxylic acids is 2. The third-order valence-corrected chi connectivity index (χ3v) is 16.6. The summed E-state index contributed by atoms with van der Waals surface area (Å²) in [7, 11) is 1.51. The van der Waals surface area contributed by atoms with Gasteiger partial charge in [-0.3, -0.25) is 18.6 Å². The highest BCUT2D eigenvalue weighted by Crippen LogP contribution is 2.43. The molecule has 3 atom stereocenters. The lowest BCUT2D eigenvalue weighted by atomic mass is 10.0. The molecule has 3 unspecified atom stereocenters. The Morgan fingerprint density at radius 2 is 0.744 bits per heavy atom. The summed E-state index contributed by atoms with van der Waals surface area (Å²) in [6, 6.07) is -0.848. The predicted molar refractivity (Wildman–Crippen MR) is 337 cm³/mol. The van der Waals surface area contributed by atoms with Gasteiger partial charge in [-0.15, -0.1) is 0 Å². The van der Waals surface area contributed by atoms with Crippen LogP contribution in [0.25, 0.3) is 0 Å². The van der Waals surface area contributed by atoms with Gasteiger partial charge in [0.25, 0.3) is 0 Å². The summed E-state index contributed by atoms with van der Waals surface area (Å²) in [4.78, 5) is 37.7. The smallest absolute Gasteiger partial charge is 0.456 e. The number of esters is 1. The Bertz CT molecular complexity index is 1380. The van der Waals surface area contributed by atoms with E-state index in [4.69, 9.17) is 13.8 Å². The van der Waals surface area contributed by atoms with E-state index in [-0.39, 0.29) is 31.5 Å². The van der Waals surface area contributed by atoms with Crippen LogP contribution in [0.2, 0.25) is 0 Å². The first kappa shape index (κ1) is 76.5. The fourth-order valence-corrected chi connectivity index (χ4v) is 11.1. The molecule has 0 radical (unpaired) electrons. The average molecular weight is 1120 g/mol. The van der Waals surface area contributed by atoms with Crippen LogP contribution in [-0.4, -0.2) is 74.3 Å². The van der Waals surface area contributed by atoms with Gasteiger partial charge in [0.15, 0.2) is 0 Å². The van der Waals surface area contributed by atoms with Gasteiger partial charge in [0, 0.05) is 12.8 Å². The molecule has 9 nitrogen and oxygen atoms in total. The van der Waals surface area contributed by atoms with Crippen LogP contribution >= 0.6 is 7.82 Å². The highest BCUT2D eigenvalue weighted by Gasteiger charge is 2.30. The molecule has 0 aliphatic carbocycles. The lowest BCUT2D eigenvalue weighted by Crippen LogP contribution is -2.47. The highest BCUT2D eigenvalue weighted by molar-refractivity contribution is 7.47. The molecule has 0 heterocycles. The molecule has 0 bridgehead atoms. The van der Waals surface area contributed by atoms with Crippen molar-refractivity contribution in [3.8, 4) is 0 Å². The van der Waals surface area contributed by atoms with Crippen molar-refractivity contribution in [2.24, 2.45) is 0 Å². The number of nitrogens with zero attached hydrogens (tertiary/aromatic N) is 1. The second-order valence-corrected chi connectivity index (χ2v) is 26.2. The van der Waals surface area contributed by atoms with Crippen LogP contribution < -0.4 is 5.32 Å². The summed E-state index contributed by atoms with van der Waals surface area (Å²) in [5.74, 6) is -0.506. The second kappa shape index (κ2) is 58.7. The minimum absolute atomic E-state index is 0.0416. The van der Waals surface area contributed by atoms with E-state index in [0.29, 0.717) is 17.4 Å². The van der Waals surface area contributed by atoms with E-state index in [1.807, 2.05) is 33.3 Å². The topological polar surface area (TPSA) is 111 Å². The molecular weight excluding hydrogens is 988 g/mol. The maximum Gasteiger partial charge on any atom is 0.472 e. The summed E-state index contributed by atoms with van der Waals surface area (Å²) in [6.07, 6.45) is 70.6. The molecule has 2 N–H and O–H groups in total. The van der Waals surface area contributed by atoms with Gasteiger partial charge in [0.2, 0.25) is 5.91 Å². The number of amides is 1. The minimum atomic E-state index is -4.45. The molecule has 0 aromatic rings. The van der Waals surface area contributed by atoms with Gasteiger partial charge in [0.05, 0.1) is 33.8 Å². The third kappa shape index (κ3) is 59.1. The lowest BCUT2D eigenvalue weighted by Gasteiger charge is -2.27. The van der Waals surface area contributed by atoms with Gasteiger partial charge in [0.1, 0.15) is 19.3 Å². The summed E-state index contributed by atoms with van der Waals surface area (Å²) in [5.41, 5.74) is 0. The number of unbranched alkanes of at least 4 members (excludes halogenated alkanes) is 45. The highest BCUT2D eigenvalue weighted by atomic mass is 31.2. The van der Waals surface area contributed by atoms with Crippen molar-refractivity contribution >= 4 is 19.7 Å². The summed E-state index contributed by atoms with van der Waals surface area (Å²) >= 11 is 0. The molecule has 0 aliphatic rings. The summed E-state index contributed by atoms with van der Waals surface area (Å²) in [6.45, 7) is 7.05. The van der Waals surface area contributed by atoms with Crippen molar-refractivity contribution in [1.29, 1.82) is 0 Å². The predicted octanol–water partition coefficient (Wildman–Crippen LogP) is 21.3. The zero-order valence-corrected chi connectivity index (χ0v) is 53.8. The van der Waals surface area contributed by atoms with Gasteiger partial charge in [-0.1, -0.05) is 302 Å². The van der Waals surface area contributed by atoms with Gasteiger partial charge in [-0.2, -0.15) is 0 Å². The van der Waals surface area contributed by atoms with Crippen LogP contribution in [0.5, 0.6) is 0 Å². The van der Waals surface area contributed by atoms with Crippen molar-refractivity contribution in [2.75, 3.05) is 40.9 Å². The van der Waals surface area contributed by atoms with Crippen molar-refractivity contribution in [2.45, 2.75) is 360 Å². The molecular formula is C68H134N2O7P+. The molecule has 78 heavy (non-hydrogen) atoms. The van der Waals surface area contributed by atoms with Crippen molar-refractivity contribution in [3.63, 3.8) is 0 Å². The number of allylic oxidation sites excluding steroid dienone is 3. The molecule has 0 aromatic heterocycles. The zero-order valence-electron chi connectivity index (χ0n) is 52.9. The number of likely N-dealkylation sites (N-methyl/N-ethyl adjacent to an activating group) is 1. The number of carbonyl (C=O) groups is 2. The Balaban J connectivity index is 4.93. The van der Waals surface area contributed by atoms with E-state index in [0.717, 1.165) is 70.6 Å². The Labute approximate surface area is 485 Å². The van der Waals surface area contributed by atoms with Crippen LogP contribution in [0.15, 0.2) is 24.3 Å². The number of hydrogen-bond acceptors (Lipinski definition) is 6. The van der Waals surface area contributed by atoms with E-state index in [1.165, 1.54) is 244 Å². The molecule has 0 aliphatic heterocycles. The largest absolute Gasteiger partial charge is 0.472 e. The van der Waals surface area contributed by atoms with E-state index in [9.17, 15) is 19.0 Å². The molecule has 0 rings (SSSR count). The normalized spacial score (nSPS) is 13.7. The molecule has 0 saturated heterocycles. The van der Waals surface area contributed by atoms with E-state index in [2.05, 4.69) is 38.2 Å². The number of phosphoric ester groups is 1. The Morgan fingerprint density at radius 1 is 0.436 bits per heavy atom. The standard InChI is InChI=1S/C68H133N2O7P/c1-7-10-13-16-19-22-25-27-29-30-31-32-33-34-35-36-37-38-39-40-41-42-45-48-51-54-57-60-67(71)69-65(64-76-78(73,74)75-63-62-70(4,5)6)66(59-56-53-50-47-44-24-21-18-15-12-9-3)77-68(72)61-58-55-52-49-46-43-28-26-23-20-17-14-11-8-2/h43,46,56,59,65-66H,7-42,44-45,47-55,57-58,60-64H2,1-6H3,(H-,69,71,73,74)/p+1/b46-43-,59-56-. The van der Waals surface area contributed by atoms with E-state index in [1.54, 1.807) is 0 Å². The number of rotatable bonds is 63. The quantitative estimate of drug-likeness (QED) is 0.0205. The van der Waals surface area contributed by atoms with Crippen molar-refractivity contribution in [3.05, 3.63) is 24.3 Å². The third-order valence-electron chi connectivity index (χ3n) is 15.6. The Morgan fingerprint density at radius 3 is 1.10 bits per heavy atom. The van der Waals surface area contributed by atoms with Crippen LogP contribution in [0, 0.1) is 0 Å². The number of quaternary nitrogens is 1. The molecule has 0 saturated carbocycles. The Hall–Kier alpha value is -1.51. The molecule has 1 amide bonds. The number of hydrogen-bond donors (Lipinski definition) is 2. The molecule has 10 heteroatoms. The van der Waals surface area contributed by atoms with Crippen molar-refractivity contribution < 1.29 is 37.3 Å². The molecule has 0 aromatic carbocycles. The average Bonchev–Trinajstić information content (AvgIpc) is 3.40. The number of phosphoric acid groups is 1. The number of nitrogens with one attached hydrogen (secondary N) is 1. The van der Waals surface area contributed by atoms with Crippen LogP contribution in [0.1, 0.15) is 348 Å². The van der Waals surface area contributed by atoms with E-state index < -0.39 is 20.0 Å². The fourth-order valence-electron chi connectivity index (χ4n) is 10.4. The SMILES string of the molecule is CCCCCCCCC/C=C\CCCCCC(=O)OC(/C=C\CCCCCCCCCCC)C(COP(=O)(O)OCC[N+](C)(C)C)NC(=O)CCCCCCCCCCCCCCCCCCCCCCCCCCCCC. The van der Waals surface area contributed by atoms with Gasteiger partial charge in [-0.05, 0) is 57.4 Å².